The molecule has 1 nitrogen and oxygen atoms in total. The molecular weight excluding hydrogens is 204 g/mol. The van der Waals surface area contributed by atoms with Gasteiger partial charge in [-0.2, -0.15) is 11.8 Å². The normalized spacial score (nSPS) is 12.8. The van der Waals surface area contributed by atoms with Crippen LogP contribution in [-0.2, 0) is 0 Å². The van der Waals surface area contributed by atoms with Gasteiger partial charge in [-0.3, -0.25) is 0 Å². The Morgan fingerprint density at radius 1 is 1.33 bits per heavy atom. The zero-order valence-corrected chi connectivity index (χ0v) is 10.6. The highest BCUT2D eigenvalue weighted by atomic mass is 32.2. The van der Waals surface area contributed by atoms with Crippen LogP contribution in [0.25, 0.3) is 0 Å². The van der Waals surface area contributed by atoms with Crippen molar-refractivity contribution in [2.24, 2.45) is 0 Å². The number of aliphatic hydroxyl groups excluding tert-OH is 1. The highest BCUT2D eigenvalue weighted by molar-refractivity contribution is 7.99. The largest absolute Gasteiger partial charge is 0.388 e. The van der Waals surface area contributed by atoms with Crippen molar-refractivity contribution in [1.29, 1.82) is 0 Å². The van der Waals surface area contributed by atoms with Crippen LogP contribution < -0.4 is 0 Å². The van der Waals surface area contributed by atoms with Crippen molar-refractivity contribution in [2.75, 3.05) is 11.5 Å². The zero-order chi connectivity index (χ0) is 11.3. The van der Waals surface area contributed by atoms with Crippen LogP contribution in [-0.4, -0.2) is 16.6 Å². The monoisotopic (exact) mass is 224 g/mol. The van der Waals surface area contributed by atoms with Crippen molar-refractivity contribution >= 4 is 11.8 Å². The second kappa shape index (κ2) is 6.19. The third-order valence-corrected chi connectivity index (χ3v) is 3.46. The van der Waals surface area contributed by atoms with Gasteiger partial charge in [-0.25, -0.2) is 0 Å². The first-order valence-electron chi connectivity index (χ1n) is 5.48. The standard InChI is InChI=1S/C13H20OS/c1-4-15-8-7-13(14)12-6-5-10(2)9-11(12)3/h5-6,9,13-14H,4,7-8H2,1-3H3. The number of aliphatic hydroxyl groups is 1. The summed E-state index contributed by atoms with van der Waals surface area (Å²) in [5.41, 5.74) is 3.53. The second-order valence-electron chi connectivity index (χ2n) is 3.86. The summed E-state index contributed by atoms with van der Waals surface area (Å²) in [7, 11) is 0. The molecule has 84 valence electrons. The van der Waals surface area contributed by atoms with Gasteiger partial charge in [-0.05, 0) is 42.9 Å². The topological polar surface area (TPSA) is 20.2 Å². The lowest BCUT2D eigenvalue weighted by Gasteiger charge is -2.13. The van der Waals surface area contributed by atoms with Gasteiger partial charge in [0.2, 0.25) is 0 Å². The average Bonchev–Trinajstić information content (AvgIpc) is 2.17. The molecule has 1 aromatic carbocycles. The predicted molar refractivity (Wildman–Crippen MR) is 68.5 cm³/mol. The molecule has 2 heteroatoms. The molecule has 1 rings (SSSR count). The fourth-order valence-electron chi connectivity index (χ4n) is 1.69. The highest BCUT2D eigenvalue weighted by Crippen LogP contribution is 2.22. The molecule has 0 amide bonds. The summed E-state index contributed by atoms with van der Waals surface area (Å²) in [6.07, 6.45) is 0.548. The number of benzene rings is 1. The molecule has 15 heavy (non-hydrogen) atoms. The Labute approximate surface area is 96.9 Å². The van der Waals surface area contributed by atoms with E-state index in [0.717, 1.165) is 23.5 Å². The molecule has 1 unspecified atom stereocenters. The second-order valence-corrected chi connectivity index (χ2v) is 5.26. The van der Waals surface area contributed by atoms with E-state index in [2.05, 4.69) is 32.9 Å². The lowest BCUT2D eigenvalue weighted by Crippen LogP contribution is -2.01. The Kier molecular flexibility index (Phi) is 5.20. The Hall–Kier alpha value is -0.470. The van der Waals surface area contributed by atoms with E-state index in [1.165, 1.54) is 11.1 Å². The summed E-state index contributed by atoms with van der Waals surface area (Å²) in [6, 6.07) is 6.25. The quantitative estimate of drug-likeness (QED) is 0.773. The maximum atomic E-state index is 10.0. The Bertz CT molecular complexity index is 309. The fraction of sp³-hybridized carbons (Fsp3) is 0.538. The fourth-order valence-corrected chi connectivity index (χ4v) is 2.37. The summed E-state index contributed by atoms with van der Waals surface area (Å²) in [5.74, 6) is 2.16. The third-order valence-electron chi connectivity index (χ3n) is 2.52. The van der Waals surface area contributed by atoms with Gasteiger partial charge < -0.3 is 5.11 Å². The molecular formula is C13H20OS. The van der Waals surface area contributed by atoms with Crippen LogP contribution >= 0.6 is 11.8 Å². The number of thioether (sulfide) groups is 1. The summed E-state index contributed by atoms with van der Waals surface area (Å²) in [4.78, 5) is 0. The van der Waals surface area contributed by atoms with Crippen molar-refractivity contribution in [3.05, 3.63) is 34.9 Å². The highest BCUT2D eigenvalue weighted by Gasteiger charge is 2.09. The number of aryl methyl sites for hydroxylation is 2. The molecule has 0 aliphatic carbocycles. The van der Waals surface area contributed by atoms with Crippen LogP contribution in [0.4, 0.5) is 0 Å². The van der Waals surface area contributed by atoms with Crippen molar-refractivity contribution in [2.45, 2.75) is 33.3 Å². The first kappa shape index (κ1) is 12.6. The maximum Gasteiger partial charge on any atom is 0.0800 e. The number of hydrogen-bond acceptors (Lipinski definition) is 2. The lowest BCUT2D eigenvalue weighted by atomic mass is 10.00. The minimum absolute atomic E-state index is 0.301. The van der Waals surface area contributed by atoms with Crippen molar-refractivity contribution in [1.82, 2.24) is 0 Å². The van der Waals surface area contributed by atoms with Gasteiger partial charge in [0.25, 0.3) is 0 Å². The first-order chi connectivity index (χ1) is 7.15. The average molecular weight is 224 g/mol. The molecule has 0 saturated carbocycles. The van der Waals surface area contributed by atoms with Crippen LogP contribution in [0.1, 0.15) is 36.1 Å². The Balaban J connectivity index is 2.61. The van der Waals surface area contributed by atoms with E-state index >= 15 is 0 Å². The molecule has 1 atom stereocenters. The molecule has 0 aliphatic rings. The third kappa shape index (κ3) is 3.88. The van der Waals surface area contributed by atoms with E-state index in [4.69, 9.17) is 0 Å². The summed E-state index contributed by atoms with van der Waals surface area (Å²) in [5, 5.41) is 10.0. The molecule has 0 aromatic heterocycles. The van der Waals surface area contributed by atoms with E-state index < -0.39 is 0 Å². The SMILES string of the molecule is CCSCCC(O)c1ccc(C)cc1C. The van der Waals surface area contributed by atoms with Crippen LogP contribution in [0.3, 0.4) is 0 Å². The molecule has 0 fully saturated rings. The summed E-state index contributed by atoms with van der Waals surface area (Å²) in [6.45, 7) is 6.29. The smallest absolute Gasteiger partial charge is 0.0800 e. The van der Waals surface area contributed by atoms with Crippen molar-refractivity contribution in [3.8, 4) is 0 Å². The van der Waals surface area contributed by atoms with E-state index in [1.54, 1.807) is 0 Å². The minimum atomic E-state index is -0.301. The number of hydrogen-bond donors (Lipinski definition) is 1. The molecule has 1 aromatic rings. The summed E-state index contributed by atoms with van der Waals surface area (Å²) < 4.78 is 0. The van der Waals surface area contributed by atoms with Crippen LogP contribution in [0.15, 0.2) is 18.2 Å². The molecule has 0 spiro atoms. The molecule has 0 saturated heterocycles. The Morgan fingerprint density at radius 2 is 2.07 bits per heavy atom. The van der Waals surface area contributed by atoms with Gasteiger partial charge in [0.15, 0.2) is 0 Å². The molecule has 0 bridgehead atoms. The van der Waals surface area contributed by atoms with Gasteiger partial charge in [-0.15, -0.1) is 0 Å². The van der Waals surface area contributed by atoms with Crippen LogP contribution in [0.5, 0.6) is 0 Å². The van der Waals surface area contributed by atoms with Crippen molar-refractivity contribution < 1.29 is 5.11 Å². The molecule has 0 heterocycles. The van der Waals surface area contributed by atoms with Gasteiger partial charge in [0.05, 0.1) is 6.10 Å². The van der Waals surface area contributed by atoms with Gasteiger partial charge >= 0.3 is 0 Å². The van der Waals surface area contributed by atoms with E-state index in [-0.39, 0.29) is 6.10 Å². The van der Waals surface area contributed by atoms with E-state index in [1.807, 2.05) is 17.8 Å². The predicted octanol–water partition coefficient (Wildman–Crippen LogP) is 3.48. The van der Waals surface area contributed by atoms with Gasteiger partial charge in [0, 0.05) is 0 Å². The van der Waals surface area contributed by atoms with Crippen LogP contribution in [0, 0.1) is 13.8 Å². The van der Waals surface area contributed by atoms with Gasteiger partial charge in [0.1, 0.15) is 0 Å². The molecule has 1 N–H and O–H groups in total. The van der Waals surface area contributed by atoms with E-state index in [9.17, 15) is 5.11 Å². The zero-order valence-electron chi connectivity index (χ0n) is 9.79. The maximum absolute atomic E-state index is 10.0. The first-order valence-corrected chi connectivity index (χ1v) is 6.63. The lowest BCUT2D eigenvalue weighted by molar-refractivity contribution is 0.174. The Morgan fingerprint density at radius 3 is 2.67 bits per heavy atom. The summed E-state index contributed by atoms with van der Waals surface area (Å²) >= 11 is 1.88. The van der Waals surface area contributed by atoms with E-state index in [0.29, 0.717) is 0 Å². The minimum Gasteiger partial charge on any atom is -0.388 e. The van der Waals surface area contributed by atoms with Crippen LogP contribution in [0.2, 0.25) is 0 Å². The van der Waals surface area contributed by atoms with Gasteiger partial charge in [-0.1, -0.05) is 30.7 Å². The molecule has 0 radical (unpaired) electrons. The number of rotatable bonds is 5. The molecule has 0 aliphatic heterocycles. The van der Waals surface area contributed by atoms with Crippen molar-refractivity contribution in [3.63, 3.8) is 0 Å².